The highest BCUT2D eigenvalue weighted by atomic mass is 31.0. The number of benzene rings is 2. The molecule has 174 valence electrons. The largest absolute Gasteiger partial charge is 0.496 e. The fourth-order valence-corrected chi connectivity index (χ4v) is 3.29. The molecule has 8 nitrogen and oxygen atoms in total. The van der Waals surface area contributed by atoms with Gasteiger partial charge in [-0.05, 0) is 18.4 Å². The summed E-state index contributed by atoms with van der Waals surface area (Å²) >= 11 is 0. The summed E-state index contributed by atoms with van der Waals surface area (Å²) in [6.45, 7) is 0.512. The first kappa shape index (κ1) is 25.4. The molecule has 9 heteroatoms. The molecule has 1 unspecified atom stereocenters. The van der Waals surface area contributed by atoms with Crippen LogP contribution in [0.1, 0.15) is 30.4 Å². The van der Waals surface area contributed by atoms with Crippen LogP contribution in [0.3, 0.4) is 0 Å². The molecule has 0 saturated carbocycles. The highest BCUT2D eigenvalue weighted by molar-refractivity contribution is 7.09. The Bertz CT molecular complexity index is 853. The van der Waals surface area contributed by atoms with Gasteiger partial charge in [0.1, 0.15) is 17.2 Å². The number of carbonyl (C=O) groups excluding carboxylic acids is 2. The smallest absolute Gasteiger partial charge is 0.247 e. The van der Waals surface area contributed by atoms with Gasteiger partial charge in [-0.3, -0.25) is 14.2 Å². The highest BCUT2D eigenvalue weighted by Crippen LogP contribution is 2.35. The van der Waals surface area contributed by atoms with E-state index < -0.39 is 0 Å². The van der Waals surface area contributed by atoms with Crippen LogP contribution in [-0.4, -0.2) is 44.8 Å². The summed E-state index contributed by atoms with van der Waals surface area (Å²) in [5, 5.41) is 3.84. The minimum atomic E-state index is -0.164. The number of hydroxylamine groups is 2. The van der Waals surface area contributed by atoms with Gasteiger partial charge in [0.25, 0.3) is 0 Å². The lowest BCUT2D eigenvalue weighted by Gasteiger charge is -2.23. The van der Waals surface area contributed by atoms with Gasteiger partial charge in [-0.2, -0.15) is 0 Å². The van der Waals surface area contributed by atoms with E-state index in [0.29, 0.717) is 55.1 Å². The molecule has 0 heterocycles. The average Bonchev–Trinajstić information content (AvgIpc) is 2.83. The average molecular weight is 462 g/mol. The van der Waals surface area contributed by atoms with E-state index in [4.69, 9.17) is 18.8 Å². The molecule has 0 spiro atoms. The van der Waals surface area contributed by atoms with Crippen molar-refractivity contribution in [2.24, 2.45) is 0 Å². The first-order valence-electron chi connectivity index (χ1n) is 10.3. The molecule has 0 aliphatic heterocycles. The molecular formula is C23H31N2O6P. The Kier molecular flexibility index (Phi) is 10.8. The summed E-state index contributed by atoms with van der Waals surface area (Å²) < 4.78 is 22.1. The Balaban J connectivity index is 2.07. The molecule has 0 aliphatic rings. The highest BCUT2D eigenvalue weighted by Gasteiger charge is 2.21. The van der Waals surface area contributed by atoms with Crippen molar-refractivity contribution in [1.29, 1.82) is 0 Å². The van der Waals surface area contributed by atoms with Crippen LogP contribution in [0, 0.1) is 0 Å². The Hall–Kier alpha value is -2.83. The zero-order chi connectivity index (χ0) is 23.3. The summed E-state index contributed by atoms with van der Waals surface area (Å²) in [6, 6.07) is 13.3. The number of nitrogens with one attached hydrogen (secondary N) is 1. The number of rotatable bonds is 13. The summed E-state index contributed by atoms with van der Waals surface area (Å²) in [7, 11) is 6.80. The maximum absolute atomic E-state index is 12.7. The molecule has 2 rings (SSSR count). The van der Waals surface area contributed by atoms with Crippen LogP contribution in [0.4, 0.5) is 0 Å². The molecule has 1 N–H and O–H groups in total. The Morgan fingerprint density at radius 1 is 1.03 bits per heavy atom. The number of hydrogen-bond donors (Lipinski definition) is 1. The van der Waals surface area contributed by atoms with Crippen molar-refractivity contribution in [3.63, 3.8) is 0 Å². The van der Waals surface area contributed by atoms with E-state index in [0.717, 1.165) is 5.56 Å². The number of nitrogens with zero attached hydrogens (tertiary/aromatic N) is 1. The fourth-order valence-electron chi connectivity index (χ4n) is 3.10. The zero-order valence-corrected chi connectivity index (χ0v) is 19.9. The van der Waals surface area contributed by atoms with E-state index in [1.807, 2.05) is 30.3 Å². The molecule has 0 bridgehead atoms. The van der Waals surface area contributed by atoms with Gasteiger partial charge in [0.15, 0.2) is 0 Å². The van der Waals surface area contributed by atoms with Crippen molar-refractivity contribution < 1.29 is 28.4 Å². The number of ether oxygens (including phenoxy) is 3. The minimum absolute atomic E-state index is 0.0337. The topological polar surface area (TPSA) is 86.3 Å². The normalized spacial score (nSPS) is 10.4. The van der Waals surface area contributed by atoms with Crippen molar-refractivity contribution in [3.8, 4) is 17.2 Å². The van der Waals surface area contributed by atoms with E-state index in [1.54, 1.807) is 19.2 Å². The predicted octanol–water partition coefficient (Wildman–Crippen LogP) is 3.29. The van der Waals surface area contributed by atoms with Crippen LogP contribution in [0.25, 0.3) is 0 Å². The van der Waals surface area contributed by atoms with Gasteiger partial charge in [0.2, 0.25) is 11.8 Å². The number of hydrogen-bond acceptors (Lipinski definition) is 6. The van der Waals surface area contributed by atoms with Gasteiger partial charge < -0.3 is 19.5 Å². The lowest BCUT2D eigenvalue weighted by molar-refractivity contribution is -0.156. The van der Waals surface area contributed by atoms with Crippen LogP contribution in [-0.2, 0) is 27.2 Å². The predicted molar refractivity (Wildman–Crippen MR) is 124 cm³/mol. The zero-order valence-electron chi connectivity index (χ0n) is 18.8. The van der Waals surface area contributed by atoms with Gasteiger partial charge in [0, 0.05) is 41.5 Å². The second-order valence-electron chi connectivity index (χ2n) is 6.95. The summed E-state index contributed by atoms with van der Waals surface area (Å²) in [5.41, 5.74) is 1.74. The van der Waals surface area contributed by atoms with Gasteiger partial charge in [-0.15, -0.1) is 0 Å². The third-order valence-electron chi connectivity index (χ3n) is 4.85. The first-order chi connectivity index (χ1) is 15.5. The van der Waals surface area contributed by atoms with E-state index in [9.17, 15) is 9.59 Å². The molecule has 0 fully saturated rings. The molecule has 0 aliphatic carbocycles. The minimum Gasteiger partial charge on any atom is -0.496 e. The Labute approximate surface area is 191 Å². The number of methoxy groups -OCH3 is 2. The van der Waals surface area contributed by atoms with Gasteiger partial charge in [0.05, 0.1) is 32.9 Å². The summed E-state index contributed by atoms with van der Waals surface area (Å²) in [4.78, 5) is 24.1. The molecule has 0 saturated heterocycles. The second-order valence-corrected chi connectivity index (χ2v) is 7.16. The quantitative estimate of drug-likeness (QED) is 0.279. The molecule has 32 heavy (non-hydrogen) atoms. The van der Waals surface area contributed by atoms with E-state index >= 15 is 0 Å². The van der Waals surface area contributed by atoms with Crippen LogP contribution in [0.15, 0.2) is 42.5 Å². The lowest BCUT2D eigenvalue weighted by atomic mass is 10.1. The van der Waals surface area contributed by atoms with Crippen molar-refractivity contribution in [1.82, 2.24) is 10.4 Å². The lowest BCUT2D eigenvalue weighted by Crippen LogP contribution is -2.28. The van der Waals surface area contributed by atoms with Crippen LogP contribution in [0.2, 0.25) is 0 Å². The van der Waals surface area contributed by atoms with Gasteiger partial charge >= 0.3 is 0 Å². The standard InChI is InChI=1S/C23H31N2O6P/c1-24-22(26)10-7-13-30-18-14-20(28-2)19(21(15-18)29-3)16-25(31-32)23(27)12-11-17-8-5-4-6-9-17/h4-6,8-9,14-15H,7,10-13,16,32H2,1-3H3,(H,24,26). The van der Waals surface area contributed by atoms with Gasteiger partial charge in [-0.1, -0.05) is 30.3 Å². The molecule has 2 aromatic carbocycles. The monoisotopic (exact) mass is 462 g/mol. The van der Waals surface area contributed by atoms with Crippen LogP contribution >= 0.6 is 9.47 Å². The van der Waals surface area contributed by atoms with Crippen molar-refractivity contribution in [2.75, 3.05) is 27.9 Å². The van der Waals surface area contributed by atoms with Crippen molar-refractivity contribution >= 4 is 21.3 Å². The SMILES string of the molecule is CNC(=O)CCCOc1cc(OC)c(CN(OP)C(=O)CCc2ccccc2)c(OC)c1. The van der Waals surface area contributed by atoms with Crippen molar-refractivity contribution in [3.05, 3.63) is 53.6 Å². The van der Waals surface area contributed by atoms with E-state index in [-0.39, 0.29) is 18.4 Å². The Morgan fingerprint density at radius 3 is 2.25 bits per heavy atom. The number of amides is 2. The number of aryl methyl sites for hydroxylation is 1. The second kappa shape index (κ2) is 13.6. The van der Waals surface area contributed by atoms with Crippen LogP contribution < -0.4 is 19.5 Å². The third kappa shape index (κ3) is 7.70. The first-order valence-corrected chi connectivity index (χ1v) is 10.8. The van der Waals surface area contributed by atoms with Gasteiger partial charge in [-0.25, -0.2) is 5.06 Å². The molecule has 0 aromatic heterocycles. The maximum atomic E-state index is 12.7. The fraction of sp³-hybridized carbons (Fsp3) is 0.391. The third-order valence-corrected chi connectivity index (χ3v) is 5.11. The molecule has 0 radical (unpaired) electrons. The summed E-state index contributed by atoms with van der Waals surface area (Å²) in [5.74, 6) is 1.37. The summed E-state index contributed by atoms with van der Waals surface area (Å²) in [6.07, 6.45) is 1.88. The van der Waals surface area contributed by atoms with E-state index in [1.165, 1.54) is 19.3 Å². The molecule has 2 aromatic rings. The Morgan fingerprint density at radius 2 is 1.69 bits per heavy atom. The molecule has 2 amide bonds. The number of carbonyl (C=O) groups is 2. The van der Waals surface area contributed by atoms with E-state index in [2.05, 4.69) is 14.8 Å². The maximum Gasteiger partial charge on any atom is 0.247 e. The van der Waals surface area contributed by atoms with Crippen molar-refractivity contribution in [2.45, 2.75) is 32.2 Å². The van der Waals surface area contributed by atoms with Crippen LogP contribution in [0.5, 0.6) is 17.2 Å². The molecular weight excluding hydrogens is 431 g/mol. The molecule has 1 atom stereocenters.